The molecule has 0 bridgehead atoms. The fraction of sp³-hybridized carbons (Fsp3) is 0.583. The van der Waals surface area contributed by atoms with Crippen LogP contribution in [0.2, 0.25) is 0 Å². The lowest BCUT2D eigenvalue weighted by Crippen LogP contribution is -2.31. The van der Waals surface area contributed by atoms with Crippen LogP contribution in [-0.2, 0) is 4.79 Å². The summed E-state index contributed by atoms with van der Waals surface area (Å²) in [5, 5.41) is 15.9. The van der Waals surface area contributed by atoms with Gasteiger partial charge in [-0.05, 0) is 44.2 Å². The molecule has 1 heterocycles. The summed E-state index contributed by atoms with van der Waals surface area (Å²) in [6, 6.07) is 2.53. The molecule has 1 unspecified atom stereocenters. The fourth-order valence-corrected chi connectivity index (χ4v) is 4.56. The predicted molar refractivity (Wildman–Crippen MR) is 124 cm³/mol. The van der Waals surface area contributed by atoms with Crippen molar-refractivity contribution in [3.05, 3.63) is 34.4 Å². The SMILES string of the molecule is CCC(Nc1cn(C(CC)CC)c2cc(NC3CCCCC3)c(F)cc2c1=O)C(=O)O. The molecule has 31 heavy (non-hydrogen) atoms. The van der Waals surface area contributed by atoms with Crippen LogP contribution in [0.4, 0.5) is 15.8 Å². The second-order valence-corrected chi connectivity index (χ2v) is 8.52. The molecule has 1 aliphatic rings. The first kappa shape index (κ1) is 23.1. The number of benzene rings is 1. The maximum absolute atomic E-state index is 15.0. The highest BCUT2D eigenvalue weighted by Crippen LogP contribution is 2.30. The van der Waals surface area contributed by atoms with Gasteiger partial charge in [-0.15, -0.1) is 0 Å². The zero-order chi connectivity index (χ0) is 22.5. The first-order chi connectivity index (χ1) is 14.9. The van der Waals surface area contributed by atoms with Crippen LogP contribution in [0.25, 0.3) is 10.9 Å². The number of aliphatic carboxylic acids is 1. The van der Waals surface area contributed by atoms with Gasteiger partial charge in [0.05, 0.1) is 16.6 Å². The smallest absolute Gasteiger partial charge is 0.326 e. The molecule has 3 N–H and O–H groups in total. The van der Waals surface area contributed by atoms with Gasteiger partial charge in [0.2, 0.25) is 5.43 Å². The minimum atomic E-state index is -1.02. The van der Waals surface area contributed by atoms with Crippen molar-refractivity contribution in [2.24, 2.45) is 0 Å². The number of fused-ring (bicyclic) bond motifs is 1. The average molecular weight is 432 g/mol. The number of rotatable bonds is 9. The molecule has 1 atom stereocenters. The van der Waals surface area contributed by atoms with Gasteiger partial charge in [0, 0.05) is 18.3 Å². The number of aromatic nitrogens is 1. The summed E-state index contributed by atoms with van der Waals surface area (Å²) in [7, 11) is 0. The van der Waals surface area contributed by atoms with Crippen LogP contribution in [0.5, 0.6) is 0 Å². The quantitative estimate of drug-likeness (QED) is 0.487. The highest BCUT2D eigenvalue weighted by Gasteiger charge is 2.22. The highest BCUT2D eigenvalue weighted by atomic mass is 19.1. The van der Waals surface area contributed by atoms with E-state index in [-0.39, 0.29) is 28.6 Å². The summed E-state index contributed by atoms with van der Waals surface area (Å²) in [4.78, 5) is 24.6. The fourth-order valence-electron chi connectivity index (χ4n) is 4.56. The largest absolute Gasteiger partial charge is 0.480 e. The van der Waals surface area contributed by atoms with E-state index in [4.69, 9.17) is 0 Å². The summed E-state index contributed by atoms with van der Waals surface area (Å²) < 4.78 is 17.0. The van der Waals surface area contributed by atoms with E-state index >= 15 is 4.39 Å². The van der Waals surface area contributed by atoms with Gasteiger partial charge in [-0.2, -0.15) is 0 Å². The Morgan fingerprint density at radius 1 is 1.13 bits per heavy atom. The van der Waals surface area contributed by atoms with Crippen LogP contribution in [0.15, 0.2) is 23.1 Å². The molecule has 1 aromatic heterocycles. The van der Waals surface area contributed by atoms with Gasteiger partial charge in [-0.1, -0.05) is 40.0 Å². The maximum atomic E-state index is 15.0. The van der Waals surface area contributed by atoms with Gasteiger partial charge in [-0.3, -0.25) is 4.79 Å². The van der Waals surface area contributed by atoms with Gasteiger partial charge in [0.15, 0.2) is 0 Å². The molecule has 0 aliphatic heterocycles. The zero-order valence-electron chi connectivity index (χ0n) is 18.7. The van der Waals surface area contributed by atoms with Crippen molar-refractivity contribution in [1.82, 2.24) is 4.57 Å². The third kappa shape index (κ3) is 5.02. The summed E-state index contributed by atoms with van der Waals surface area (Å²) in [5.74, 6) is -1.47. The Hall–Kier alpha value is -2.57. The molecule has 6 nitrogen and oxygen atoms in total. The van der Waals surface area contributed by atoms with Crippen LogP contribution < -0.4 is 16.1 Å². The second-order valence-electron chi connectivity index (χ2n) is 8.52. The van der Waals surface area contributed by atoms with Crippen LogP contribution >= 0.6 is 0 Å². The zero-order valence-corrected chi connectivity index (χ0v) is 18.7. The van der Waals surface area contributed by atoms with E-state index in [9.17, 15) is 14.7 Å². The molecule has 1 saturated carbocycles. The lowest BCUT2D eigenvalue weighted by molar-refractivity contribution is -0.137. The number of anilines is 2. The standard InChI is InChI=1S/C24H34FN3O3/c1-4-16(5-2)28-14-21(27-19(6-3)24(30)31)23(29)17-12-18(25)20(13-22(17)28)26-15-10-8-7-9-11-15/h12-16,19,26-27H,4-11H2,1-3H3,(H,30,31). The molecule has 0 spiro atoms. The van der Waals surface area contributed by atoms with E-state index in [0.29, 0.717) is 17.6 Å². The number of halogens is 1. The maximum Gasteiger partial charge on any atom is 0.326 e. The Morgan fingerprint density at radius 3 is 2.39 bits per heavy atom. The molecule has 2 aromatic rings. The molecular weight excluding hydrogens is 397 g/mol. The molecular formula is C24H34FN3O3. The van der Waals surface area contributed by atoms with Gasteiger partial charge < -0.3 is 20.3 Å². The second kappa shape index (κ2) is 10.2. The minimum absolute atomic E-state index is 0.113. The molecule has 7 heteroatoms. The normalized spacial score (nSPS) is 15.9. The van der Waals surface area contributed by atoms with Crippen LogP contribution in [0.3, 0.4) is 0 Å². The van der Waals surface area contributed by atoms with Crippen molar-refractivity contribution in [3.63, 3.8) is 0 Å². The van der Waals surface area contributed by atoms with Gasteiger partial charge >= 0.3 is 5.97 Å². The average Bonchev–Trinajstić information content (AvgIpc) is 2.76. The third-order valence-electron chi connectivity index (χ3n) is 6.46. The summed E-state index contributed by atoms with van der Waals surface area (Å²) in [6.07, 6.45) is 9.26. The van der Waals surface area contributed by atoms with E-state index in [1.807, 2.05) is 4.57 Å². The first-order valence-corrected chi connectivity index (χ1v) is 11.5. The van der Waals surface area contributed by atoms with E-state index < -0.39 is 17.8 Å². The van der Waals surface area contributed by atoms with Crippen molar-refractivity contribution in [2.45, 2.75) is 90.3 Å². The number of nitrogens with one attached hydrogen (secondary N) is 2. The number of hydrogen-bond donors (Lipinski definition) is 3. The van der Waals surface area contributed by atoms with Crippen molar-refractivity contribution in [3.8, 4) is 0 Å². The Bertz CT molecular complexity index is 978. The first-order valence-electron chi connectivity index (χ1n) is 11.5. The minimum Gasteiger partial charge on any atom is -0.480 e. The number of hydrogen-bond acceptors (Lipinski definition) is 4. The van der Waals surface area contributed by atoms with E-state index in [1.54, 1.807) is 19.2 Å². The number of carbonyl (C=O) groups is 1. The molecule has 1 aromatic carbocycles. The third-order valence-corrected chi connectivity index (χ3v) is 6.46. The number of nitrogens with zero attached hydrogens (tertiary/aromatic N) is 1. The van der Waals surface area contributed by atoms with Crippen molar-refractivity contribution in [1.29, 1.82) is 0 Å². The van der Waals surface area contributed by atoms with Crippen molar-refractivity contribution in [2.75, 3.05) is 10.6 Å². The van der Waals surface area contributed by atoms with Crippen molar-refractivity contribution < 1.29 is 14.3 Å². The van der Waals surface area contributed by atoms with Gasteiger partial charge in [-0.25, -0.2) is 9.18 Å². The van der Waals surface area contributed by atoms with Crippen LogP contribution in [-0.4, -0.2) is 27.7 Å². The highest BCUT2D eigenvalue weighted by molar-refractivity contribution is 5.86. The number of carboxylic acids is 1. The topological polar surface area (TPSA) is 83.4 Å². The monoisotopic (exact) mass is 431 g/mol. The summed E-state index contributed by atoms with van der Waals surface area (Å²) in [5.41, 5.74) is 0.921. The number of carboxylic acid groups (broad SMARTS) is 1. The van der Waals surface area contributed by atoms with E-state index in [0.717, 1.165) is 38.5 Å². The van der Waals surface area contributed by atoms with Gasteiger partial charge in [0.1, 0.15) is 17.5 Å². The van der Waals surface area contributed by atoms with Gasteiger partial charge in [0.25, 0.3) is 0 Å². The lowest BCUT2D eigenvalue weighted by Gasteiger charge is -2.26. The molecule has 0 amide bonds. The van der Waals surface area contributed by atoms with Crippen LogP contribution in [0.1, 0.15) is 78.2 Å². The molecule has 0 radical (unpaired) electrons. The summed E-state index contributed by atoms with van der Waals surface area (Å²) >= 11 is 0. The Labute approximate surface area is 182 Å². The Kier molecular flexibility index (Phi) is 7.57. The summed E-state index contributed by atoms with van der Waals surface area (Å²) in [6.45, 7) is 5.89. The lowest BCUT2D eigenvalue weighted by atomic mass is 9.95. The number of pyridine rings is 1. The molecule has 170 valence electrons. The molecule has 0 saturated heterocycles. The Balaban J connectivity index is 2.13. The van der Waals surface area contributed by atoms with Crippen LogP contribution in [0, 0.1) is 5.82 Å². The van der Waals surface area contributed by atoms with E-state index in [1.165, 1.54) is 12.5 Å². The van der Waals surface area contributed by atoms with Crippen molar-refractivity contribution >= 4 is 28.2 Å². The predicted octanol–water partition coefficient (Wildman–Crippen LogP) is 5.52. The Morgan fingerprint density at radius 2 is 1.81 bits per heavy atom. The molecule has 1 fully saturated rings. The molecule has 1 aliphatic carbocycles. The van der Waals surface area contributed by atoms with E-state index in [2.05, 4.69) is 24.5 Å². The molecule has 3 rings (SSSR count).